The molecular formula is C18H15F3N4O3. The topological polar surface area (TPSA) is 88.8 Å². The molecule has 10 heteroatoms. The van der Waals surface area contributed by atoms with Gasteiger partial charge in [-0.1, -0.05) is 6.92 Å². The second-order valence-electron chi connectivity index (χ2n) is 6.77. The van der Waals surface area contributed by atoms with Gasteiger partial charge >= 0.3 is 12.4 Å². The lowest BCUT2D eigenvalue weighted by molar-refractivity contribution is -0.274. The lowest BCUT2D eigenvalue weighted by Gasteiger charge is -2.22. The predicted molar refractivity (Wildman–Crippen MR) is 93.6 cm³/mol. The van der Waals surface area contributed by atoms with E-state index in [0.717, 1.165) is 17.0 Å². The summed E-state index contributed by atoms with van der Waals surface area (Å²) in [7, 11) is 0. The summed E-state index contributed by atoms with van der Waals surface area (Å²) in [5, 5.41) is 0. The fraction of sp³-hybridized carbons (Fsp3) is 0.278. The number of hydrogen-bond acceptors (Lipinski definition) is 5. The second-order valence-corrected chi connectivity index (χ2v) is 6.77. The first kappa shape index (κ1) is 18.1. The number of nitrogens with two attached hydrogens (primary N) is 1. The van der Waals surface area contributed by atoms with E-state index in [4.69, 9.17) is 5.73 Å². The third kappa shape index (κ3) is 2.72. The number of aromatic nitrogens is 1. The van der Waals surface area contributed by atoms with Gasteiger partial charge in [-0.2, -0.15) is 0 Å². The Morgan fingerprint density at radius 2 is 1.82 bits per heavy atom. The molecule has 4 rings (SSSR count). The van der Waals surface area contributed by atoms with Crippen molar-refractivity contribution in [3.8, 4) is 5.75 Å². The highest BCUT2D eigenvalue weighted by atomic mass is 19.4. The van der Waals surface area contributed by atoms with E-state index in [1.807, 2.05) is 6.92 Å². The molecule has 1 spiro atoms. The first-order valence-electron chi connectivity index (χ1n) is 8.39. The molecule has 0 bridgehead atoms. The fourth-order valence-electron chi connectivity index (χ4n) is 3.61. The van der Waals surface area contributed by atoms with Crippen LogP contribution < -0.4 is 20.3 Å². The zero-order valence-corrected chi connectivity index (χ0v) is 14.6. The maximum absolute atomic E-state index is 13.1. The number of pyridine rings is 1. The van der Waals surface area contributed by atoms with Crippen LogP contribution in [-0.4, -0.2) is 28.8 Å². The zero-order valence-electron chi connectivity index (χ0n) is 14.6. The van der Waals surface area contributed by atoms with Crippen LogP contribution in [0, 0.1) is 5.92 Å². The van der Waals surface area contributed by atoms with Crippen molar-refractivity contribution in [1.82, 2.24) is 4.98 Å². The molecule has 2 N–H and O–H groups in total. The van der Waals surface area contributed by atoms with E-state index < -0.39 is 29.6 Å². The Kier molecular flexibility index (Phi) is 3.78. The molecule has 146 valence electrons. The fourth-order valence-corrected chi connectivity index (χ4v) is 3.61. The van der Waals surface area contributed by atoms with E-state index >= 15 is 0 Å². The van der Waals surface area contributed by atoms with Gasteiger partial charge in [-0.05, 0) is 42.7 Å². The number of rotatable bonds is 3. The van der Waals surface area contributed by atoms with E-state index in [1.54, 1.807) is 6.07 Å². The van der Waals surface area contributed by atoms with Crippen molar-refractivity contribution in [2.75, 3.05) is 15.5 Å². The molecule has 1 saturated heterocycles. The number of nitrogen functional groups attached to an aromatic ring is 1. The Bertz CT molecular complexity index is 963. The summed E-state index contributed by atoms with van der Waals surface area (Å²) >= 11 is 0. The van der Waals surface area contributed by atoms with Crippen LogP contribution in [0.2, 0.25) is 0 Å². The maximum Gasteiger partial charge on any atom is 0.573 e. The van der Waals surface area contributed by atoms with Crippen LogP contribution in [0.25, 0.3) is 0 Å². The number of imide groups is 1. The Hall–Kier alpha value is -3.30. The Labute approximate surface area is 157 Å². The van der Waals surface area contributed by atoms with Gasteiger partial charge in [0.25, 0.3) is 5.91 Å². The first-order chi connectivity index (χ1) is 13.1. The van der Waals surface area contributed by atoms with Crippen LogP contribution in [0.5, 0.6) is 5.75 Å². The van der Waals surface area contributed by atoms with E-state index in [2.05, 4.69) is 9.72 Å². The van der Waals surface area contributed by atoms with E-state index in [9.17, 15) is 22.8 Å². The molecule has 2 aromatic rings. The molecule has 28 heavy (non-hydrogen) atoms. The summed E-state index contributed by atoms with van der Waals surface area (Å²) in [6.45, 7) is 1.85. The van der Waals surface area contributed by atoms with Crippen molar-refractivity contribution in [3.63, 3.8) is 0 Å². The van der Waals surface area contributed by atoms with Crippen molar-refractivity contribution in [3.05, 3.63) is 42.6 Å². The van der Waals surface area contributed by atoms with Crippen LogP contribution >= 0.6 is 0 Å². The summed E-state index contributed by atoms with van der Waals surface area (Å²) in [6, 6.07) is 7.08. The van der Waals surface area contributed by atoms with E-state index in [-0.39, 0.29) is 17.4 Å². The predicted octanol–water partition coefficient (Wildman–Crippen LogP) is 3.31. The molecule has 1 aliphatic heterocycles. The lowest BCUT2D eigenvalue weighted by atomic mass is 10.1. The van der Waals surface area contributed by atoms with Crippen LogP contribution in [0.15, 0.2) is 42.6 Å². The summed E-state index contributed by atoms with van der Waals surface area (Å²) < 4.78 is 40.8. The molecule has 2 heterocycles. The summed E-state index contributed by atoms with van der Waals surface area (Å²) in [5.41, 5.74) is 5.29. The van der Waals surface area contributed by atoms with Gasteiger partial charge in [0.2, 0.25) is 0 Å². The Morgan fingerprint density at radius 3 is 2.36 bits per heavy atom. The molecule has 0 radical (unpaired) electrons. The van der Waals surface area contributed by atoms with Crippen molar-refractivity contribution >= 4 is 29.1 Å². The average Bonchev–Trinajstić information content (AvgIpc) is 3.21. The monoisotopic (exact) mass is 392 g/mol. The van der Waals surface area contributed by atoms with Crippen LogP contribution in [0.1, 0.15) is 13.3 Å². The molecule has 7 nitrogen and oxygen atoms in total. The van der Waals surface area contributed by atoms with Crippen molar-refractivity contribution in [2.45, 2.75) is 25.2 Å². The van der Waals surface area contributed by atoms with Gasteiger partial charge in [0.15, 0.2) is 0 Å². The second kappa shape index (κ2) is 5.85. The molecule has 2 fully saturated rings. The number of ether oxygens (including phenoxy) is 1. The van der Waals surface area contributed by atoms with Crippen LogP contribution in [-0.2, 0) is 4.79 Å². The molecule has 2 atom stereocenters. The third-order valence-corrected chi connectivity index (χ3v) is 4.98. The van der Waals surface area contributed by atoms with Gasteiger partial charge in [0, 0.05) is 12.3 Å². The van der Waals surface area contributed by atoms with Gasteiger partial charge in [0.05, 0.1) is 11.4 Å². The van der Waals surface area contributed by atoms with Crippen molar-refractivity contribution < 1.29 is 27.5 Å². The van der Waals surface area contributed by atoms with Gasteiger partial charge in [0.1, 0.15) is 17.1 Å². The van der Waals surface area contributed by atoms with Gasteiger partial charge < -0.3 is 10.5 Å². The minimum atomic E-state index is -4.83. The number of alkyl halides is 3. The van der Waals surface area contributed by atoms with E-state index in [1.165, 1.54) is 29.3 Å². The number of amides is 3. The SMILES string of the molecule is CC1CC12C(=O)N(c1ccc(OC(F)(F)F)cc1)C(=O)N2c1ccnc(N)c1. The first-order valence-corrected chi connectivity index (χ1v) is 8.39. The van der Waals surface area contributed by atoms with E-state index in [0.29, 0.717) is 12.1 Å². The number of carbonyl (C=O) groups excluding carboxylic acids is 2. The highest BCUT2D eigenvalue weighted by Crippen LogP contribution is 2.55. The van der Waals surface area contributed by atoms with Crippen molar-refractivity contribution in [2.24, 2.45) is 5.92 Å². The van der Waals surface area contributed by atoms with Crippen molar-refractivity contribution in [1.29, 1.82) is 0 Å². The van der Waals surface area contributed by atoms with Gasteiger partial charge in [-0.3, -0.25) is 9.69 Å². The maximum atomic E-state index is 13.1. The number of benzene rings is 1. The van der Waals surface area contributed by atoms with Crippen LogP contribution in [0.3, 0.4) is 0 Å². The number of anilines is 3. The minimum absolute atomic E-state index is 0.0730. The minimum Gasteiger partial charge on any atom is -0.406 e. The largest absolute Gasteiger partial charge is 0.573 e. The highest BCUT2D eigenvalue weighted by Gasteiger charge is 2.70. The summed E-state index contributed by atoms with van der Waals surface area (Å²) in [4.78, 5) is 32.5. The lowest BCUT2D eigenvalue weighted by Crippen LogP contribution is -2.39. The highest BCUT2D eigenvalue weighted by molar-refractivity contribution is 6.31. The molecular weight excluding hydrogens is 377 g/mol. The zero-order chi connectivity index (χ0) is 20.3. The normalized spacial score (nSPS) is 24.2. The van der Waals surface area contributed by atoms with Gasteiger partial charge in [-0.25, -0.2) is 14.7 Å². The molecule has 1 saturated carbocycles. The smallest absolute Gasteiger partial charge is 0.406 e. The standard InChI is InChI=1S/C18H15F3N4O3/c1-10-9-17(10)15(26)24(11-2-4-13(5-3-11)28-18(19,20)21)16(27)25(17)12-6-7-23-14(22)8-12/h2-8,10H,9H2,1H3,(H2,22,23). The molecule has 3 amide bonds. The molecule has 2 aliphatic rings. The quantitative estimate of drug-likeness (QED) is 0.810. The number of nitrogens with zero attached hydrogens (tertiary/aromatic N) is 3. The molecule has 2 unspecified atom stereocenters. The summed E-state index contributed by atoms with van der Waals surface area (Å²) in [5.74, 6) is -0.738. The summed E-state index contributed by atoms with van der Waals surface area (Å²) in [6.07, 6.45) is -2.91. The third-order valence-electron chi connectivity index (χ3n) is 4.98. The number of halogens is 3. The Morgan fingerprint density at radius 1 is 1.18 bits per heavy atom. The molecule has 1 aromatic heterocycles. The van der Waals surface area contributed by atoms with Gasteiger partial charge in [-0.15, -0.1) is 13.2 Å². The number of urea groups is 1. The average molecular weight is 392 g/mol. The number of hydrogen-bond donors (Lipinski definition) is 1. The molecule has 1 aromatic carbocycles. The number of carbonyl (C=O) groups is 2. The molecule has 1 aliphatic carbocycles. The van der Waals surface area contributed by atoms with Crippen LogP contribution in [0.4, 0.5) is 35.2 Å². The Balaban J connectivity index is 1.69.